The van der Waals surface area contributed by atoms with Crippen molar-refractivity contribution in [3.8, 4) is 22.6 Å². The summed E-state index contributed by atoms with van der Waals surface area (Å²) in [6.45, 7) is 4.51. The van der Waals surface area contributed by atoms with Crippen LogP contribution in [0.1, 0.15) is 51.4 Å². The van der Waals surface area contributed by atoms with Gasteiger partial charge in [-0.25, -0.2) is 4.79 Å². The number of aryl methyl sites for hydroxylation is 1. The Morgan fingerprint density at radius 2 is 1.97 bits per heavy atom. The lowest BCUT2D eigenvalue weighted by molar-refractivity contribution is -0.116. The van der Waals surface area contributed by atoms with Crippen LogP contribution in [0.5, 0.6) is 11.5 Å². The van der Waals surface area contributed by atoms with E-state index in [2.05, 4.69) is 5.32 Å². The Morgan fingerprint density at radius 3 is 2.62 bits per heavy atom. The molecule has 1 atom stereocenters. The maximum atomic E-state index is 12.8. The summed E-state index contributed by atoms with van der Waals surface area (Å²) in [5, 5.41) is 12.9. The molecule has 0 fully saturated rings. The van der Waals surface area contributed by atoms with E-state index in [1.807, 2.05) is 56.3 Å². The Hall–Kier alpha value is -3.32. The molecular formula is C25H25NO5S. The molecule has 1 unspecified atom stereocenters. The summed E-state index contributed by atoms with van der Waals surface area (Å²) < 4.78 is 11.5. The van der Waals surface area contributed by atoms with Crippen LogP contribution in [0, 0.1) is 6.92 Å². The van der Waals surface area contributed by atoms with E-state index in [1.54, 1.807) is 7.11 Å². The molecule has 0 saturated heterocycles. The molecule has 1 aliphatic rings. The maximum absolute atomic E-state index is 12.8. The van der Waals surface area contributed by atoms with Crippen molar-refractivity contribution in [2.24, 2.45) is 0 Å². The molecule has 1 aromatic heterocycles. The first-order chi connectivity index (χ1) is 15.4. The number of amides is 1. The van der Waals surface area contributed by atoms with Crippen molar-refractivity contribution in [1.29, 1.82) is 0 Å². The standard InChI is InChI=1S/C25H25NO5S/c1-4-12-31-22-16(6-5-7-18(22)30-3)17-13-19(27)26-21-20(15-10-8-14(2)9-11-15)24(25(28)29)32-23(17)21/h5-11,17H,4,12-13H2,1-3H3,(H,26,27)(H,28,29). The van der Waals surface area contributed by atoms with Gasteiger partial charge in [-0.3, -0.25) is 4.79 Å². The normalized spacial score (nSPS) is 15.1. The Balaban J connectivity index is 1.92. The van der Waals surface area contributed by atoms with Gasteiger partial charge in [0.25, 0.3) is 0 Å². The number of carbonyl (C=O) groups excluding carboxylic acids is 1. The van der Waals surface area contributed by atoms with Crippen LogP contribution in [0.3, 0.4) is 0 Å². The van der Waals surface area contributed by atoms with E-state index >= 15 is 0 Å². The smallest absolute Gasteiger partial charge is 0.346 e. The number of benzene rings is 2. The van der Waals surface area contributed by atoms with Gasteiger partial charge in [-0.2, -0.15) is 0 Å². The number of carboxylic acids is 1. The zero-order valence-electron chi connectivity index (χ0n) is 18.2. The number of anilines is 1. The Kier molecular flexibility index (Phi) is 6.19. The SMILES string of the molecule is CCCOc1c(OC)cccc1C1CC(=O)Nc2c1sc(C(=O)O)c2-c1ccc(C)cc1. The van der Waals surface area contributed by atoms with Crippen LogP contribution in [-0.4, -0.2) is 30.7 Å². The lowest BCUT2D eigenvalue weighted by atomic mass is 9.88. The van der Waals surface area contributed by atoms with E-state index < -0.39 is 5.97 Å². The van der Waals surface area contributed by atoms with Gasteiger partial charge in [0, 0.05) is 28.3 Å². The fourth-order valence-corrected chi connectivity index (χ4v) is 5.25. The monoisotopic (exact) mass is 451 g/mol. The highest BCUT2D eigenvalue weighted by Crippen LogP contribution is 2.51. The van der Waals surface area contributed by atoms with Crippen molar-refractivity contribution in [2.45, 2.75) is 32.6 Å². The number of para-hydroxylation sites is 1. The van der Waals surface area contributed by atoms with Crippen LogP contribution < -0.4 is 14.8 Å². The van der Waals surface area contributed by atoms with E-state index in [0.29, 0.717) is 29.4 Å². The molecule has 166 valence electrons. The molecular weight excluding hydrogens is 426 g/mol. The van der Waals surface area contributed by atoms with Crippen molar-refractivity contribution in [3.05, 3.63) is 63.3 Å². The molecule has 7 heteroatoms. The quantitative estimate of drug-likeness (QED) is 0.482. The summed E-state index contributed by atoms with van der Waals surface area (Å²) in [7, 11) is 1.58. The minimum Gasteiger partial charge on any atom is -0.493 e. The Labute approximate surface area is 190 Å². The molecule has 2 aromatic carbocycles. The van der Waals surface area contributed by atoms with Crippen molar-refractivity contribution in [1.82, 2.24) is 0 Å². The van der Waals surface area contributed by atoms with Crippen molar-refractivity contribution >= 4 is 28.9 Å². The lowest BCUT2D eigenvalue weighted by Crippen LogP contribution is -2.23. The maximum Gasteiger partial charge on any atom is 0.346 e. The summed E-state index contributed by atoms with van der Waals surface area (Å²) >= 11 is 1.21. The van der Waals surface area contributed by atoms with Crippen LogP contribution >= 0.6 is 11.3 Å². The highest BCUT2D eigenvalue weighted by molar-refractivity contribution is 7.15. The second kappa shape index (κ2) is 9.04. The van der Waals surface area contributed by atoms with Crippen LogP contribution in [0.15, 0.2) is 42.5 Å². The van der Waals surface area contributed by atoms with Crippen molar-refractivity contribution in [3.63, 3.8) is 0 Å². The van der Waals surface area contributed by atoms with Crippen molar-refractivity contribution in [2.75, 3.05) is 19.0 Å². The van der Waals surface area contributed by atoms with E-state index in [-0.39, 0.29) is 23.1 Å². The topological polar surface area (TPSA) is 84.9 Å². The molecule has 0 radical (unpaired) electrons. The number of carbonyl (C=O) groups is 2. The van der Waals surface area contributed by atoms with E-state index in [4.69, 9.17) is 9.47 Å². The molecule has 3 aromatic rings. The van der Waals surface area contributed by atoms with Crippen LogP contribution in [0.25, 0.3) is 11.1 Å². The van der Waals surface area contributed by atoms with Gasteiger partial charge >= 0.3 is 5.97 Å². The third kappa shape index (κ3) is 3.96. The Bertz CT molecular complexity index is 1170. The molecule has 0 spiro atoms. The number of carboxylic acid groups (broad SMARTS) is 1. The average molecular weight is 452 g/mol. The van der Waals surface area contributed by atoms with E-state index in [1.165, 1.54) is 11.3 Å². The number of hydrogen-bond donors (Lipinski definition) is 2. The molecule has 0 aliphatic carbocycles. The van der Waals surface area contributed by atoms with E-state index in [9.17, 15) is 14.7 Å². The number of methoxy groups -OCH3 is 1. The fraction of sp³-hybridized carbons (Fsp3) is 0.280. The molecule has 32 heavy (non-hydrogen) atoms. The number of aromatic carboxylic acids is 1. The lowest BCUT2D eigenvalue weighted by Gasteiger charge is -2.26. The zero-order chi connectivity index (χ0) is 22.8. The molecule has 2 heterocycles. The van der Waals surface area contributed by atoms with Gasteiger partial charge in [0.15, 0.2) is 11.5 Å². The first-order valence-electron chi connectivity index (χ1n) is 10.5. The number of thiophene rings is 1. The second-order valence-electron chi connectivity index (χ2n) is 7.75. The first-order valence-corrected chi connectivity index (χ1v) is 11.3. The van der Waals surface area contributed by atoms with Gasteiger partial charge in [0.1, 0.15) is 4.88 Å². The van der Waals surface area contributed by atoms with Crippen LogP contribution in [-0.2, 0) is 4.79 Å². The summed E-state index contributed by atoms with van der Waals surface area (Å²) in [5.74, 6) is -0.305. The highest BCUT2D eigenvalue weighted by atomic mass is 32.1. The van der Waals surface area contributed by atoms with Gasteiger partial charge in [-0.05, 0) is 25.0 Å². The number of rotatable bonds is 7. The van der Waals surface area contributed by atoms with E-state index in [0.717, 1.165) is 28.0 Å². The molecule has 1 amide bonds. The largest absolute Gasteiger partial charge is 0.493 e. The average Bonchev–Trinajstić information content (AvgIpc) is 3.17. The summed E-state index contributed by atoms with van der Waals surface area (Å²) in [5.41, 5.74) is 3.78. The van der Waals surface area contributed by atoms with Gasteiger partial charge in [0.2, 0.25) is 5.91 Å². The number of ether oxygens (including phenoxy) is 2. The molecule has 6 nitrogen and oxygen atoms in total. The van der Waals surface area contributed by atoms with Gasteiger partial charge < -0.3 is 19.9 Å². The third-order valence-corrected chi connectivity index (χ3v) is 6.79. The molecule has 0 bridgehead atoms. The first kappa shape index (κ1) is 21.9. The third-order valence-electron chi connectivity index (χ3n) is 5.50. The number of hydrogen-bond acceptors (Lipinski definition) is 5. The van der Waals surface area contributed by atoms with Gasteiger partial charge in [-0.15, -0.1) is 11.3 Å². The molecule has 2 N–H and O–H groups in total. The zero-order valence-corrected chi connectivity index (χ0v) is 19.0. The molecule has 0 saturated carbocycles. The summed E-state index contributed by atoms with van der Waals surface area (Å²) in [6.07, 6.45) is 1.03. The predicted molar refractivity (Wildman–Crippen MR) is 125 cm³/mol. The van der Waals surface area contributed by atoms with Crippen LogP contribution in [0.2, 0.25) is 0 Å². The Morgan fingerprint density at radius 1 is 1.22 bits per heavy atom. The minimum absolute atomic E-state index is 0.158. The number of fused-ring (bicyclic) bond motifs is 1. The molecule has 4 rings (SSSR count). The van der Waals surface area contributed by atoms with Crippen molar-refractivity contribution < 1.29 is 24.2 Å². The summed E-state index contributed by atoms with van der Waals surface area (Å²) in [4.78, 5) is 26.0. The second-order valence-corrected chi connectivity index (χ2v) is 8.80. The number of nitrogens with one attached hydrogen (secondary N) is 1. The fourth-order valence-electron chi connectivity index (χ4n) is 4.01. The van der Waals surface area contributed by atoms with Gasteiger partial charge in [0.05, 0.1) is 19.4 Å². The minimum atomic E-state index is -1.01. The van der Waals surface area contributed by atoms with Gasteiger partial charge in [-0.1, -0.05) is 48.9 Å². The predicted octanol–water partition coefficient (Wildman–Crippen LogP) is 5.69. The van der Waals surface area contributed by atoms with Crippen LogP contribution in [0.4, 0.5) is 5.69 Å². The highest BCUT2D eigenvalue weighted by Gasteiger charge is 2.36. The molecule has 1 aliphatic heterocycles. The summed E-state index contributed by atoms with van der Waals surface area (Å²) in [6, 6.07) is 13.3.